The van der Waals surface area contributed by atoms with E-state index >= 15 is 0 Å². The average molecular weight is 574 g/mol. The van der Waals surface area contributed by atoms with Crippen molar-refractivity contribution in [2.75, 3.05) is 81.0 Å². The third kappa shape index (κ3) is 7.10. The van der Waals surface area contributed by atoms with Gasteiger partial charge in [-0.15, -0.1) is 0 Å². The second kappa shape index (κ2) is 13.5. The molecule has 0 saturated carbocycles. The van der Waals surface area contributed by atoms with E-state index in [0.29, 0.717) is 61.4 Å². The lowest BCUT2D eigenvalue weighted by atomic mass is 10.0. The number of nitrogens with one attached hydrogen (secondary N) is 2. The molecule has 0 bridgehead atoms. The van der Waals surface area contributed by atoms with Crippen LogP contribution in [-0.4, -0.2) is 87.4 Å². The molecule has 2 aliphatic heterocycles. The van der Waals surface area contributed by atoms with E-state index in [0.717, 1.165) is 43.0 Å². The second-order valence-electron chi connectivity index (χ2n) is 10.5. The van der Waals surface area contributed by atoms with Gasteiger partial charge in [-0.25, -0.2) is 4.98 Å². The highest BCUT2D eigenvalue weighted by Gasteiger charge is 2.23. The van der Waals surface area contributed by atoms with Gasteiger partial charge in [0.05, 0.1) is 32.2 Å². The molecule has 2 fully saturated rings. The summed E-state index contributed by atoms with van der Waals surface area (Å²) in [4.78, 5) is 28.0. The first kappa shape index (κ1) is 29.2. The number of anilines is 5. The number of rotatable bonds is 10. The van der Waals surface area contributed by atoms with Gasteiger partial charge in [-0.1, -0.05) is 12.6 Å². The molecule has 2 saturated heterocycles. The molecule has 2 aromatic carbocycles. The number of nitrogens with zero attached hydrogens (tertiary/aromatic N) is 5. The number of carbonyl (C=O) groups excluding carboxylic acids is 1. The first-order chi connectivity index (χ1) is 20.4. The Morgan fingerprint density at radius 1 is 1.10 bits per heavy atom. The maximum absolute atomic E-state index is 11.8. The Kier molecular flexibility index (Phi) is 9.40. The summed E-state index contributed by atoms with van der Waals surface area (Å²) >= 11 is 0. The minimum atomic E-state index is -0.298. The summed E-state index contributed by atoms with van der Waals surface area (Å²) < 4.78 is 17.6. The van der Waals surface area contributed by atoms with Crippen molar-refractivity contribution in [2.24, 2.45) is 0 Å². The number of amides is 1. The highest BCUT2D eigenvalue weighted by Crippen LogP contribution is 2.36. The molecule has 1 aromatic heterocycles. The predicted octanol–water partition coefficient (Wildman–Crippen LogP) is 4.51. The SMILES string of the molecule is C=CC(=O)Nc1cccc(Oc2nc(Nc3ccc(N4CCC(N(C)C)CC4)cc3OC)ncc2N2CCOCC2)c1. The summed E-state index contributed by atoms with van der Waals surface area (Å²) in [6.07, 6.45) is 5.24. The molecule has 11 nitrogen and oxygen atoms in total. The van der Waals surface area contributed by atoms with Crippen molar-refractivity contribution in [1.29, 1.82) is 0 Å². The van der Waals surface area contributed by atoms with Gasteiger partial charge in [-0.2, -0.15) is 4.98 Å². The molecule has 0 radical (unpaired) electrons. The molecule has 2 aliphatic rings. The molecule has 0 aliphatic carbocycles. The largest absolute Gasteiger partial charge is 0.494 e. The predicted molar refractivity (Wildman–Crippen MR) is 166 cm³/mol. The monoisotopic (exact) mass is 573 g/mol. The van der Waals surface area contributed by atoms with Crippen LogP contribution >= 0.6 is 0 Å². The van der Waals surface area contributed by atoms with Gasteiger partial charge < -0.3 is 39.5 Å². The molecule has 11 heteroatoms. The summed E-state index contributed by atoms with van der Waals surface area (Å²) in [5.74, 6) is 1.69. The van der Waals surface area contributed by atoms with E-state index in [1.54, 1.807) is 31.5 Å². The van der Waals surface area contributed by atoms with Crippen LogP contribution in [-0.2, 0) is 9.53 Å². The molecule has 42 heavy (non-hydrogen) atoms. The van der Waals surface area contributed by atoms with Gasteiger partial charge >= 0.3 is 0 Å². The number of ether oxygens (including phenoxy) is 3. The third-order valence-corrected chi connectivity index (χ3v) is 7.58. The summed E-state index contributed by atoms with van der Waals surface area (Å²) in [6.45, 7) is 8.13. The quantitative estimate of drug-likeness (QED) is 0.337. The van der Waals surface area contributed by atoms with Crippen molar-refractivity contribution < 1.29 is 19.0 Å². The topological polar surface area (TPSA) is 104 Å². The van der Waals surface area contributed by atoms with Crippen LogP contribution in [0.4, 0.5) is 28.7 Å². The zero-order valence-corrected chi connectivity index (χ0v) is 24.5. The first-order valence-corrected chi connectivity index (χ1v) is 14.2. The lowest BCUT2D eigenvalue weighted by molar-refractivity contribution is -0.111. The maximum atomic E-state index is 11.8. The van der Waals surface area contributed by atoms with Gasteiger partial charge in [0.25, 0.3) is 0 Å². The van der Waals surface area contributed by atoms with Gasteiger partial charge in [-0.05, 0) is 57.3 Å². The van der Waals surface area contributed by atoms with Gasteiger partial charge in [0, 0.05) is 55.7 Å². The van der Waals surface area contributed by atoms with Crippen molar-refractivity contribution in [1.82, 2.24) is 14.9 Å². The van der Waals surface area contributed by atoms with Crippen LogP contribution in [0.2, 0.25) is 0 Å². The smallest absolute Gasteiger partial charge is 0.248 e. The van der Waals surface area contributed by atoms with Gasteiger partial charge in [0.15, 0.2) is 0 Å². The van der Waals surface area contributed by atoms with Crippen LogP contribution in [0.5, 0.6) is 17.4 Å². The lowest BCUT2D eigenvalue weighted by Gasteiger charge is -2.36. The number of benzene rings is 2. The number of piperidine rings is 1. The summed E-state index contributed by atoms with van der Waals surface area (Å²) in [7, 11) is 5.96. The molecule has 2 N–H and O–H groups in total. The Balaban J connectivity index is 1.38. The molecular formula is C31H39N7O4. The van der Waals surface area contributed by atoms with Gasteiger partial charge in [0.1, 0.15) is 17.2 Å². The second-order valence-corrected chi connectivity index (χ2v) is 10.5. The highest BCUT2D eigenvalue weighted by atomic mass is 16.5. The van der Waals surface area contributed by atoms with Crippen molar-refractivity contribution in [3.8, 4) is 17.4 Å². The Morgan fingerprint density at radius 2 is 1.88 bits per heavy atom. The number of morpholine rings is 1. The Morgan fingerprint density at radius 3 is 2.60 bits per heavy atom. The van der Waals surface area contributed by atoms with Crippen molar-refractivity contribution >= 4 is 34.6 Å². The van der Waals surface area contributed by atoms with E-state index in [1.165, 1.54) is 6.08 Å². The van der Waals surface area contributed by atoms with Crippen LogP contribution in [0.3, 0.4) is 0 Å². The molecule has 0 unspecified atom stereocenters. The standard InChI is InChI=1S/C31H39N7O4/c1-5-29(39)33-22-7-6-8-25(19-22)42-30-27(38-15-17-41-18-16-38)21-32-31(35-30)34-26-10-9-24(20-28(26)40-4)37-13-11-23(12-14-37)36(2)3/h5-10,19-21,23H,1,11-18H2,2-4H3,(H,33,39)(H,32,34,35). The van der Waals surface area contributed by atoms with E-state index < -0.39 is 0 Å². The molecule has 0 spiro atoms. The fourth-order valence-corrected chi connectivity index (χ4v) is 5.20. The molecule has 0 atom stereocenters. The number of aromatic nitrogens is 2. The highest BCUT2D eigenvalue weighted by molar-refractivity contribution is 5.98. The number of hydrogen-bond acceptors (Lipinski definition) is 10. The molecule has 222 valence electrons. The third-order valence-electron chi connectivity index (χ3n) is 7.58. The zero-order chi connectivity index (χ0) is 29.5. The molecule has 5 rings (SSSR count). The van der Waals surface area contributed by atoms with Gasteiger partial charge in [-0.3, -0.25) is 4.79 Å². The van der Waals surface area contributed by atoms with Crippen molar-refractivity contribution in [3.05, 3.63) is 61.3 Å². The van der Waals surface area contributed by atoms with E-state index in [9.17, 15) is 4.79 Å². The molecule has 3 aromatic rings. The average Bonchev–Trinajstić information content (AvgIpc) is 3.02. The number of carbonyl (C=O) groups is 1. The van der Waals surface area contributed by atoms with Crippen molar-refractivity contribution in [3.63, 3.8) is 0 Å². The molecule has 3 heterocycles. The fraction of sp³-hybridized carbons (Fsp3) is 0.387. The Labute approximate surface area is 247 Å². The van der Waals surface area contributed by atoms with E-state index in [1.807, 2.05) is 12.1 Å². The van der Waals surface area contributed by atoms with Crippen LogP contribution in [0.1, 0.15) is 12.8 Å². The number of hydrogen-bond donors (Lipinski definition) is 2. The lowest BCUT2D eigenvalue weighted by Crippen LogP contribution is -2.41. The zero-order valence-electron chi connectivity index (χ0n) is 24.5. The van der Waals surface area contributed by atoms with E-state index in [-0.39, 0.29) is 5.91 Å². The number of methoxy groups -OCH3 is 1. The normalized spacial score (nSPS) is 15.8. The molecular weight excluding hydrogens is 534 g/mol. The minimum Gasteiger partial charge on any atom is -0.494 e. The Bertz CT molecular complexity index is 1390. The fourth-order valence-electron chi connectivity index (χ4n) is 5.20. The van der Waals surface area contributed by atoms with Crippen LogP contribution < -0.4 is 29.9 Å². The first-order valence-electron chi connectivity index (χ1n) is 14.2. The van der Waals surface area contributed by atoms with Crippen LogP contribution in [0.15, 0.2) is 61.3 Å². The Hall–Kier alpha value is -4.35. The van der Waals surface area contributed by atoms with Crippen molar-refractivity contribution in [2.45, 2.75) is 18.9 Å². The summed E-state index contributed by atoms with van der Waals surface area (Å²) in [6, 6.07) is 13.9. The summed E-state index contributed by atoms with van der Waals surface area (Å²) in [5, 5.41) is 6.07. The van der Waals surface area contributed by atoms with E-state index in [2.05, 4.69) is 63.1 Å². The van der Waals surface area contributed by atoms with E-state index in [4.69, 9.17) is 19.2 Å². The van der Waals surface area contributed by atoms with Gasteiger partial charge in [0.2, 0.25) is 17.7 Å². The molecule has 1 amide bonds. The van der Waals surface area contributed by atoms with Crippen LogP contribution in [0.25, 0.3) is 0 Å². The summed E-state index contributed by atoms with van der Waals surface area (Å²) in [5.41, 5.74) is 3.23. The maximum Gasteiger partial charge on any atom is 0.248 e. The van der Waals surface area contributed by atoms with Crippen LogP contribution in [0, 0.1) is 0 Å². The minimum absolute atomic E-state index is 0.298.